The summed E-state index contributed by atoms with van der Waals surface area (Å²) < 4.78 is 21.8. The molecule has 0 saturated carbocycles. The number of pyridine rings is 2. The van der Waals surface area contributed by atoms with Crippen molar-refractivity contribution in [3.8, 4) is 0 Å². The van der Waals surface area contributed by atoms with E-state index in [1.807, 2.05) is 13.8 Å². The van der Waals surface area contributed by atoms with Gasteiger partial charge in [-0.25, -0.2) is 14.2 Å². The zero-order valence-corrected chi connectivity index (χ0v) is 18.3. The summed E-state index contributed by atoms with van der Waals surface area (Å²) in [5.41, 5.74) is 0.232. The maximum atomic E-state index is 13.7. The summed E-state index contributed by atoms with van der Waals surface area (Å²) in [6.07, 6.45) is 1.58. The number of fused-ring (bicyclic) bond motifs is 2. The molecular weight excluding hydrogens is 427 g/mol. The third-order valence-corrected chi connectivity index (χ3v) is 5.03. The Morgan fingerprint density at radius 3 is 2.64 bits per heavy atom. The largest absolute Gasteiger partial charge is 0.462 e. The highest BCUT2D eigenvalue weighted by Crippen LogP contribution is 2.15. The highest BCUT2D eigenvalue weighted by atomic mass is 19.1. The number of halogens is 1. The summed E-state index contributed by atoms with van der Waals surface area (Å²) in [6, 6.07) is 11.2. The monoisotopic (exact) mass is 448 g/mol. The van der Waals surface area contributed by atoms with Crippen LogP contribution >= 0.6 is 0 Å². The fourth-order valence-corrected chi connectivity index (χ4v) is 3.58. The summed E-state index contributed by atoms with van der Waals surface area (Å²) in [6.45, 7) is 5.36. The highest BCUT2D eigenvalue weighted by Gasteiger charge is 2.21. The molecule has 33 heavy (non-hydrogen) atoms. The summed E-state index contributed by atoms with van der Waals surface area (Å²) in [5, 5.41) is 0.174. The molecule has 0 aliphatic heterocycles. The van der Waals surface area contributed by atoms with E-state index in [0.29, 0.717) is 5.65 Å². The summed E-state index contributed by atoms with van der Waals surface area (Å²) >= 11 is 0. The zero-order valence-electron chi connectivity index (χ0n) is 18.3. The van der Waals surface area contributed by atoms with Gasteiger partial charge >= 0.3 is 5.97 Å². The number of ether oxygens (including phenoxy) is 1. The van der Waals surface area contributed by atoms with E-state index in [0.717, 1.165) is 6.07 Å². The van der Waals surface area contributed by atoms with Gasteiger partial charge in [0.05, 0.1) is 12.0 Å². The summed E-state index contributed by atoms with van der Waals surface area (Å²) in [5.74, 6) is -2.07. The Morgan fingerprint density at radius 1 is 1.15 bits per heavy atom. The molecule has 0 fully saturated rings. The van der Waals surface area contributed by atoms with E-state index in [2.05, 4.69) is 9.98 Å². The number of esters is 1. The molecule has 1 aromatic carbocycles. The van der Waals surface area contributed by atoms with Gasteiger partial charge in [-0.15, -0.1) is 0 Å². The van der Waals surface area contributed by atoms with E-state index in [1.54, 1.807) is 35.9 Å². The van der Waals surface area contributed by atoms with E-state index in [-0.39, 0.29) is 45.9 Å². The normalized spacial score (nSPS) is 12.0. The average Bonchev–Trinajstić information content (AvgIpc) is 2.78. The van der Waals surface area contributed by atoms with E-state index in [1.165, 1.54) is 28.7 Å². The lowest BCUT2D eigenvalue weighted by Gasteiger charge is -2.17. The van der Waals surface area contributed by atoms with Crippen molar-refractivity contribution in [2.24, 2.45) is 4.99 Å². The van der Waals surface area contributed by atoms with Gasteiger partial charge in [-0.3, -0.25) is 14.0 Å². The van der Waals surface area contributed by atoms with Crippen LogP contribution in [0.2, 0.25) is 0 Å². The molecule has 9 heteroatoms. The van der Waals surface area contributed by atoms with E-state index in [9.17, 15) is 18.8 Å². The van der Waals surface area contributed by atoms with Gasteiger partial charge in [0.25, 0.3) is 11.5 Å². The van der Waals surface area contributed by atoms with Crippen molar-refractivity contribution in [2.45, 2.75) is 26.8 Å². The van der Waals surface area contributed by atoms with Crippen molar-refractivity contribution in [1.82, 2.24) is 14.0 Å². The molecule has 4 rings (SSSR count). The van der Waals surface area contributed by atoms with Crippen molar-refractivity contribution in [3.05, 3.63) is 87.5 Å². The molecule has 0 radical (unpaired) electrons. The maximum Gasteiger partial charge on any atom is 0.341 e. The number of hydrogen-bond donors (Lipinski definition) is 0. The second-order valence-electron chi connectivity index (χ2n) is 7.58. The standard InChI is InChI=1S/C24H21FN4O4/c1-4-33-24(32)18-13-17-20(26-19-10-5-6-11-28(19)23(17)31)29(14(2)3)21(18)27-22(30)15-8-7-9-16(25)12-15/h5-14H,4H2,1-3H3. The van der Waals surface area contributed by atoms with Gasteiger partial charge in [0, 0.05) is 17.8 Å². The Balaban J connectivity index is 2.15. The molecule has 8 nitrogen and oxygen atoms in total. The maximum absolute atomic E-state index is 13.7. The average molecular weight is 448 g/mol. The fraction of sp³-hybridized carbons (Fsp3) is 0.208. The van der Waals surface area contributed by atoms with Crippen molar-refractivity contribution < 1.29 is 18.7 Å². The number of amides is 1. The van der Waals surface area contributed by atoms with Gasteiger partial charge in [-0.2, -0.15) is 4.99 Å². The molecule has 3 aromatic heterocycles. The number of hydrogen-bond acceptors (Lipinski definition) is 5. The van der Waals surface area contributed by atoms with Crippen LogP contribution in [0.25, 0.3) is 16.7 Å². The van der Waals surface area contributed by atoms with Crippen molar-refractivity contribution >= 4 is 28.6 Å². The second-order valence-corrected chi connectivity index (χ2v) is 7.58. The number of rotatable bonds is 4. The molecule has 0 spiro atoms. The van der Waals surface area contributed by atoms with E-state index >= 15 is 0 Å². The molecule has 0 aliphatic rings. The third kappa shape index (κ3) is 4.05. The van der Waals surface area contributed by atoms with Gasteiger partial charge in [-0.1, -0.05) is 12.1 Å². The molecule has 0 atom stereocenters. The minimum atomic E-state index is -0.744. The van der Waals surface area contributed by atoms with E-state index in [4.69, 9.17) is 4.74 Å². The Morgan fingerprint density at radius 2 is 1.94 bits per heavy atom. The molecule has 0 saturated heterocycles. The Bertz CT molecular complexity index is 1540. The Kier molecular flexibility index (Phi) is 5.87. The number of aromatic nitrogens is 3. The highest BCUT2D eigenvalue weighted by molar-refractivity contribution is 5.97. The first-order chi connectivity index (χ1) is 15.8. The number of carbonyl (C=O) groups is 2. The van der Waals surface area contributed by atoms with Crippen LogP contribution in [0.4, 0.5) is 4.39 Å². The topological polar surface area (TPSA) is 95.0 Å². The summed E-state index contributed by atoms with van der Waals surface area (Å²) in [7, 11) is 0. The van der Waals surface area contributed by atoms with Gasteiger partial charge in [-0.05, 0) is 57.2 Å². The lowest BCUT2D eigenvalue weighted by molar-refractivity contribution is 0.0523. The molecule has 168 valence electrons. The van der Waals surface area contributed by atoms with Gasteiger partial charge < -0.3 is 9.30 Å². The van der Waals surface area contributed by atoms with Gasteiger partial charge in [0.1, 0.15) is 22.7 Å². The SMILES string of the molecule is CCOC(=O)c1cc2c(=O)n3ccccc3nc2n(C(C)C)c1=NC(=O)c1cccc(F)c1. The number of nitrogens with zero attached hydrogens (tertiary/aromatic N) is 4. The zero-order chi connectivity index (χ0) is 23.7. The number of benzene rings is 1. The predicted octanol–water partition coefficient (Wildman–Crippen LogP) is 3.29. The van der Waals surface area contributed by atoms with Crippen LogP contribution in [0, 0.1) is 5.82 Å². The predicted molar refractivity (Wildman–Crippen MR) is 120 cm³/mol. The Labute approximate surface area is 187 Å². The van der Waals surface area contributed by atoms with Crippen LogP contribution in [-0.2, 0) is 4.74 Å². The van der Waals surface area contributed by atoms with Crippen LogP contribution < -0.4 is 11.0 Å². The number of carbonyl (C=O) groups excluding carboxylic acids is 2. The van der Waals surface area contributed by atoms with Crippen LogP contribution in [0.15, 0.2) is 64.5 Å². The van der Waals surface area contributed by atoms with Crippen molar-refractivity contribution in [3.63, 3.8) is 0 Å². The lowest BCUT2D eigenvalue weighted by atomic mass is 10.1. The first-order valence-electron chi connectivity index (χ1n) is 10.4. The van der Waals surface area contributed by atoms with Crippen molar-refractivity contribution in [1.29, 1.82) is 0 Å². The van der Waals surface area contributed by atoms with Crippen LogP contribution in [0.3, 0.4) is 0 Å². The molecule has 3 heterocycles. The molecule has 0 unspecified atom stereocenters. The molecular formula is C24H21FN4O4. The minimum absolute atomic E-state index is 0.0163. The Hall–Kier alpha value is -4.14. The third-order valence-electron chi connectivity index (χ3n) is 5.03. The van der Waals surface area contributed by atoms with Gasteiger partial charge in [0.2, 0.25) is 0 Å². The first kappa shape index (κ1) is 22.1. The summed E-state index contributed by atoms with van der Waals surface area (Å²) in [4.78, 5) is 47.7. The van der Waals surface area contributed by atoms with Crippen LogP contribution in [0.1, 0.15) is 47.5 Å². The molecule has 4 aromatic rings. The second kappa shape index (κ2) is 8.78. The first-order valence-corrected chi connectivity index (χ1v) is 10.4. The fourth-order valence-electron chi connectivity index (χ4n) is 3.58. The quantitative estimate of drug-likeness (QED) is 0.353. The van der Waals surface area contributed by atoms with Crippen LogP contribution in [0.5, 0.6) is 0 Å². The molecule has 1 amide bonds. The minimum Gasteiger partial charge on any atom is -0.462 e. The molecule has 0 N–H and O–H groups in total. The van der Waals surface area contributed by atoms with Gasteiger partial charge in [0.15, 0.2) is 5.49 Å². The van der Waals surface area contributed by atoms with E-state index < -0.39 is 17.7 Å². The van der Waals surface area contributed by atoms with Crippen molar-refractivity contribution in [2.75, 3.05) is 6.61 Å². The smallest absolute Gasteiger partial charge is 0.341 e. The lowest BCUT2D eigenvalue weighted by Crippen LogP contribution is -2.33. The molecule has 0 aliphatic carbocycles. The molecule has 0 bridgehead atoms. The van der Waals surface area contributed by atoms with Crippen LogP contribution in [-0.4, -0.2) is 32.4 Å².